The van der Waals surface area contributed by atoms with Crippen molar-refractivity contribution in [3.63, 3.8) is 0 Å². The first kappa shape index (κ1) is 12.2. The fraction of sp³-hybridized carbons (Fsp3) is 0. The fourth-order valence-corrected chi connectivity index (χ4v) is 2.56. The summed E-state index contributed by atoms with van der Waals surface area (Å²) in [6, 6.07) is 13.9. The summed E-state index contributed by atoms with van der Waals surface area (Å²) in [4.78, 5) is 10.7. The molecule has 1 N–H and O–H groups in total. The van der Waals surface area contributed by atoms with Crippen LogP contribution in [0.2, 0.25) is 0 Å². The average Bonchev–Trinajstić information content (AvgIpc) is 2.79. The summed E-state index contributed by atoms with van der Waals surface area (Å²) < 4.78 is 1.99. The highest BCUT2D eigenvalue weighted by Crippen LogP contribution is 2.31. The molecule has 0 radical (unpaired) electrons. The van der Waals surface area contributed by atoms with Crippen molar-refractivity contribution in [3.8, 4) is 0 Å². The normalized spacial score (nSPS) is 11.4. The topological polar surface area (TPSA) is 42.2 Å². The number of aromatic nitrogens is 1. The first-order valence-electron chi connectivity index (χ1n) is 6.27. The number of benzene rings is 2. The standard InChI is InChI=1S/C17H13NO2/c1-2-18-15-9-4-3-7-13(15)14-8-5-6-12(17(14)18)10-11-16(19)20/h2-11H,1H2,(H,19,20). The van der Waals surface area contributed by atoms with Gasteiger partial charge in [-0.1, -0.05) is 43.0 Å². The van der Waals surface area contributed by atoms with Gasteiger partial charge >= 0.3 is 5.97 Å². The molecule has 3 nitrogen and oxygen atoms in total. The van der Waals surface area contributed by atoms with Gasteiger partial charge in [-0.2, -0.15) is 0 Å². The van der Waals surface area contributed by atoms with E-state index in [2.05, 4.69) is 12.6 Å². The molecule has 2 aromatic carbocycles. The molecule has 1 aromatic heterocycles. The van der Waals surface area contributed by atoms with Crippen LogP contribution in [0.25, 0.3) is 34.1 Å². The van der Waals surface area contributed by atoms with Crippen LogP contribution >= 0.6 is 0 Å². The summed E-state index contributed by atoms with van der Waals surface area (Å²) >= 11 is 0. The van der Waals surface area contributed by atoms with E-state index in [1.807, 2.05) is 41.0 Å². The van der Waals surface area contributed by atoms with Crippen LogP contribution in [-0.2, 0) is 4.79 Å². The Morgan fingerprint density at radius 2 is 1.85 bits per heavy atom. The van der Waals surface area contributed by atoms with Gasteiger partial charge in [0.1, 0.15) is 0 Å². The Bertz CT molecular complexity index is 856. The third-order valence-corrected chi connectivity index (χ3v) is 3.35. The van der Waals surface area contributed by atoms with Gasteiger partial charge in [-0.05, 0) is 17.7 Å². The second-order valence-corrected chi connectivity index (χ2v) is 4.48. The number of carbonyl (C=O) groups is 1. The minimum absolute atomic E-state index is 0.862. The summed E-state index contributed by atoms with van der Waals surface area (Å²) in [6.45, 7) is 3.86. The Morgan fingerprint density at radius 1 is 1.10 bits per heavy atom. The Labute approximate surface area is 116 Å². The number of hydrogen-bond donors (Lipinski definition) is 1. The van der Waals surface area contributed by atoms with E-state index in [1.165, 1.54) is 0 Å². The highest BCUT2D eigenvalue weighted by molar-refractivity contribution is 6.11. The predicted molar refractivity (Wildman–Crippen MR) is 82.5 cm³/mol. The smallest absolute Gasteiger partial charge is 0.328 e. The van der Waals surface area contributed by atoms with Crippen LogP contribution in [-0.4, -0.2) is 15.6 Å². The van der Waals surface area contributed by atoms with E-state index in [9.17, 15) is 4.79 Å². The maximum atomic E-state index is 10.7. The molecule has 3 heteroatoms. The van der Waals surface area contributed by atoms with Gasteiger partial charge in [-0.15, -0.1) is 0 Å². The van der Waals surface area contributed by atoms with Crippen LogP contribution in [0.3, 0.4) is 0 Å². The minimum atomic E-state index is -0.955. The summed E-state index contributed by atoms with van der Waals surface area (Å²) in [5.41, 5.74) is 2.90. The van der Waals surface area contributed by atoms with Gasteiger partial charge in [0, 0.05) is 23.0 Å². The van der Waals surface area contributed by atoms with Gasteiger partial charge in [0.15, 0.2) is 0 Å². The summed E-state index contributed by atoms with van der Waals surface area (Å²) in [6.07, 6.45) is 4.52. The van der Waals surface area contributed by atoms with E-state index < -0.39 is 5.97 Å². The van der Waals surface area contributed by atoms with Crippen molar-refractivity contribution in [2.45, 2.75) is 0 Å². The average molecular weight is 263 g/mol. The Kier molecular flexibility index (Phi) is 2.88. The number of carboxylic acids is 1. The van der Waals surface area contributed by atoms with Gasteiger partial charge in [0.2, 0.25) is 0 Å². The van der Waals surface area contributed by atoms with E-state index in [0.717, 1.165) is 33.4 Å². The minimum Gasteiger partial charge on any atom is -0.478 e. The third kappa shape index (κ3) is 1.80. The molecule has 0 fully saturated rings. The molecule has 0 saturated carbocycles. The molecule has 3 rings (SSSR count). The number of rotatable bonds is 3. The molecule has 0 aliphatic heterocycles. The molecule has 0 bridgehead atoms. The van der Waals surface area contributed by atoms with E-state index in [0.29, 0.717) is 0 Å². The van der Waals surface area contributed by atoms with Crippen LogP contribution in [0.15, 0.2) is 55.1 Å². The fourth-order valence-electron chi connectivity index (χ4n) is 2.56. The highest BCUT2D eigenvalue weighted by atomic mass is 16.4. The maximum absolute atomic E-state index is 10.7. The van der Waals surface area contributed by atoms with Crippen molar-refractivity contribution in [2.24, 2.45) is 0 Å². The number of nitrogens with zero attached hydrogens (tertiary/aromatic N) is 1. The lowest BCUT2D eigenvalue weighted by Gasteiger charge is -2.02. The number of carboxylic acid groups (broad SMARTS) is 1. The zero-order chi connectivity index (χ0) is 14.1. The lowest BCUT2D eigenvalue weighted by Crippen LogP contribution is -1.89. The predicted octanol–water partition coefficient (Wildman–Crippen LogP) is 3.99. The van der Waals surface area contributed by atoms with Crippen molar-refractivity contribution in [2.75, 3.05) is 0 Å². The molecule has 1 heterocycles. The monoisotopic (exact) mass is 263 g/mol. The van der Waals surface area contributed by atoms with Crippen molar-refractivity contribution < 1.29 is 9.90 Å². The van der Waals surface area contributed by atoms with Crippen LogP contribution in [0, 0.1) is 0 Å². The van der Waals surface area contributed by atoms with Crippen molar-refractivity contribution in [1.29, 1.82) is 0 Å². The van der Waals surface area contributed by atoms with Gasteiger partial charge in [-0.3, -0.25) is 0 Å². The van der Waals surface area contributed by atoms with Gasteiger partial charge < -0.3 is 9.67 Å². The highest BCUT2D eigenvalue weighted by Gasteiger charge is 2.10. The SMILES string of the molecule is C=Cn1c2ccccc2c2cccc(C=CC(=O)O)c21. The van der Waals surface area contributed by atoms with E-state index in [1.54, 1.807) is 12.3 Å². The molecule has 0 atom stereocenters. The molecule has 0 amide bonds. The lowest BCUT2D eigenvalue weighted by molar-refractivity contribution is -0.131. The van der Waals surface area contributed by atoms with Crippen molar-refractivity contribution in [1.82, 2.24) is 4.57 Å². The number of aliphatic carboxylic acids is 1. The van der Waals surface area contributed by atoms with Crippen LogP contribution < -0.4 is 0 Å². The zero-order valence-electron chi connectivity index (χ0n) is 10.8. The summed E-state index contributed by atoms with van der Waals surface area (Å²) in [7, 11) is 0. The molecule has 3 aromatic rings. The van der Waals surface area contributed by atoms with E-state index in [4.69, 9.17) is 5.11 Å². The number of hydrogen-bond acceptors (Lipinski definition) is 1. The first-order chi connectivity index (χ1) is 9.72. The maximum Gasteiger partial charge on any atom is 0.328 e. The second-order valence-electron chi connectivity index (χ2n) is 4.48. The zero-order valence-corrected chi connectivity index (χ0v) is 10.8. The molecular weight excluding hydrogens is 250 g/mol. The molecule has 98 valence electrons. The summed E-state index contributed by atoms with van der Waals surface area (Å²) in [5, 5.41) is 11.0. The Balaban J connectivity index is 2.44. The second kappa shape index (κ2) is 4.70. The Morgan fingerprint density at radius 3 is 2.60 bits per heavy atom. The molecule has 0 aliphatic carbocycles. The Hall–Kier alpha value is -2.81. The van der Waals surface area contributed by atoms with Crippen LogP contribution in [0.4, 0.5) is 0 Å². The van der Waals surface area contributed by atoms with Gasteiger partial charge in [0.05, 0.1) is 11.0 Å². The van der Waals surface area contributed by atoms with Crippen LogP contribution in [0.1, 0.15) is 5.56 Å². The van der Waals surface area contributed by atoms with E-state index in [-0.39, 0.29) is 0 Å². The molecule has 0 saturated heterocycles. The van der Waals surface area contributed by atoms with Gasteiger partial charge in [0.25, 0.3) is 0 Å². The van der Waals surface area contributed by atoms with Crippen molar-refractivity contribution >= 4 is 40.1 Å². The molecular formula is C17H13NO2. The molecule has 0 spiro atoms. The molecule has 20 heavy (non-hydrogen) atoms. The number of fused-ring (bicyclic) bond motifs is 3. The number of para-hydroxylation sites is 2. The van der Waals surface area contributed by atoms with Gasteiger partial charge in [-0.25, -0.2) is 4.79 Å². The summed E-state index contributed by atoms with van der Waals surface area (Å²) in [5.74, 6) is -0.955. The van der Waals surface area contributed by atoms with Crippen molar-refractivity contribution in [3.05, 3.63) is 60.7 Å². The quantitative estimate of drug-likeness (QED) is 0.726. The van der Waals surface area contributed by atoms with E-state index >= 15 is 0 Å². The molecule has 0 aliphatic rings. The largest absolute Gasteiger partial charge is 0.478 e. The molecule has 0 unspecified atom stereocenters. The lowest BCUT2D eigenvalue weighted by atomic mass is 10.1. The third-order valence-electron chi connectivity index (χ3n) is 3.35. The van der Waals surface area contributed by atoms with Crippen LogP contribution in [0.5, 0.6) is 0 Å². The first-order valence-corrected chi connectivity index (χ1v) is 6.27.